The fraction of sp³-hybridized carbons (Fsp3) is 0.765. The monoisotopic (exact) mass is 372 g/mol. The Bertz CT molecular complexity index is 442. The highest BCUT2D eigenvalue weighted by Crippen LogP contribution is 2.30. The first-order chi connectivity index (χ1) is 10.0. The number of rotatable bonds is 6. The molecule has 1 aromatic rings. The van der Waals surface area contributed by atoms with E-state index in [0.717, 1.165) is 19.0 Å². The largest absolute Gasteiger partial charge is 0.308 e. The lowest BCUT2D eigenvalue weighted by Gasteiger charge is -2.49. The lowest BCUT2D eigenvalue weighted by Crippen LogP contribution is -2.64. The third-order valence-corrected chi connectivity index (χ3v) is 6.98. The summed E-state index contributed by atoms with van der Waals surface area (Å²) >= 11 is 5.45. The summed E-state index contributed by atoms with van der Waals surface area (Å²) in [5.41, 5.74) is 0.304. The van der Waals surface area contributed by atoms with Crippen LogP contribution in [-0.2, 0) is 6.54 Å². The van der Waals surface area contributed by atoms with Crippen molar-refractivity contribution in [2.45, 2.75) is 65.1 Å². The van der Waals surface area contributed by atoms with Crippen LogP contribution in [-0.4, -0.2) is 29.6 Å². The van der Waals surface area contributed by atoms with Gasteiger partial charge in [-0.1, -0.05) is 34.1 Å². The second kappa shape index (κ2) is 7.58. The quantitative estimate of drug-likeness (QED) is 0.764. The maximum atomic E-state index is 3.87. The molecule has 1 saturated heterocycles. The van der Waals surface area contributed by atoms with Crippen molar-refractivity contribution in [3.63, 3.8) is 0 Å². The van der Waals surface area contributed by atoms with Crippen molar-refractivity contribution < 1.29 is 0 Å². The number of hydrogen-bond acceptors (Lipinski definition) is 3. The van der Waals surface area contributed by atoms with Crippen molar-refractivity contribution >= 4 is 27.3 Å². The minimum absolute atomic E-state index is 0.304. The molecule has 0 aliphatic carbocycles. The van der Waals surface area contributed by atoms with Crippen LogP contribution < -0.4 is 5.32 Å². The van der Waals surface area contributed by atoms with Gasteiger partial charge in [-0.15, -0.1) is 11.3 Å². The predicted octanol–water partition coefficient (Wildman–Crippen LogP) is 4.89. The average Bonchev–Trinajstić information content (AvgIpc) is 2.91. The molecule has 21 heavy (non-hydrogen) atoms. The Morgan fingerprint density at radius 3 is 2.67 bits per heavy atom. The summed E-state index contributed by atoms with van der Waals surface area (Å²) in [4.78, 5) is 4.20. The van der Waals surface area contributed by atoms with Gasteiger partial charge < -0.3 is 5.32 Å². The Balaban J connectivity index is 2.16. The molecule has 0 saturated carbocycles. The van der Waals surface area contributed by atoms with Gasteiger partial charge in [-0.3, -0.25) is 4.90 Å². The van der Waals surface area contributed by atoms with Crippen molar-refractivity contribution in [3.8, 4) is 0 Å². The molecule has 2 rings (SSSR count). The van der Waals surface area contributed by atoms with Gasteiger partial charge in [0.2, 0.25) is 0 Å². The Morgan fingerprint density at radius 1 is 1.43 bits per heavy atom. The van der Waals surface area contributed by atoms with E-state index in [2.05, 4.69) is 65.3 Å². The first kappa shape index (κ1) is 17.5. The van der Waals surface area contributed by atoms with E-state index in [0.29, 0.717) is 11.6 Å². The van der Waals surface area contributed by atoms with Crippen LogP contribution in [0.4, 0.5) is 0 Å². The van der Waals surface area contributed by atoms with E-state index in [1.807, 2.05) is 11.3 Å². The highest BCUT2D eigenvalue weighted by molar-refractivity contribution is 9.10. The Hall–Kier alpha value is 0.1000. The molecule has 0 aromatic carbocycles. The first-order valence-corrected chi connectivity index (χ1v) is 9.92. The smallest absolute Gasteiger partial charge is 0.0332 e. The SMILES string of the molecule is CCC(C)C1CNC(CC)(CC)CN1Cc1cc(Br)cs1. The van der Waals surface area contributed by atoms with Gasteiger partial charge in [0.1, 0.15) is 0 Å². The van der Waals surface area contributed by atoms with Crippen LogP contribution in [0.25, 0.3) is 0 Å². The zero-order valence-electron chi connectivity index (χ0n) is 13.8. The number of halogens is 1. The fourth-order valence-electron chi connectivity index (χ4n) is 3.38. The van der Waals surface area contributed by atoms with Crippen molar-refractivity contribution in [3.05, 3.63) is 20.8 Å². The fourth-order valence-corrected chi connectivity index (χ4v) is 4.85. The van der Waals surface area contributed by atoms with Crippen LogP contribution in [0.2, 0.25) is 0 Å². The molecule has 1 aliphatic rings. The Kier molecular flexibility index (Phi) is 6.30. The van der Waals surface area contributed by atoms with Crippen LogP contribution in [0.1, 0.15) is 51.8 Å². The molecule has 1 fully saturated rings. The molecule has 0 amide bonds. The first-order valence-electron chi connectivity index (χ1n) is 8.25. The van der Waals surface area contributed by atoms with E-state index in [9.17, 15) is 0 Å². The molecular weight excluding hydrogens is 344 g/mol. The summed E-state index contributed by atoms with van der Waals surface area (Å²) < 4.78 is 1.22. The number of nitrogens with zero attached hydrogens (tertiary/aromatic N) is 1. The molecule has 1 aromatic heterocycles. The molecule has 4 heteroatoms. The maximum Gasteiger partial charge on any atom is 0.0332 e. The lowest BCUT2D eigenvalue weighted by atomic mass is 9.85. The van der Waals surface area contributed by atoms with Crippen LogP contribution in [0, 0.1) is 5.92 Å². The molecule has 0 spiro atoms. The van der Waals surface area contributed by atoms with Gasteiger partial charge in [0.15, 0.2) is 0 Å². The highest BCUT2D eigenvalue weighted by atomic mass is 79.9. The molecule has 2 heterocycles. The minimum atomic E-state index is 0.304. The van der Waals surface area contributed by atoms with Gasteiger partial charge in [0.05, 0.1) is 0 Å². The molecule has 1 aliphatic heterocycles. The molecule has 120 valence electrons. The third kappa shape index (κ3) is 4.10. The van der Waals surface area contributed by atoms with E-state index in [1.165, 1.54) is 35.2 Å². The third-order valence-electron chi connectivity index (χ3n) is 5.30. The van der Waals surface area contributed by atoms with Crippen molar-refractivity contribution in [2.24, 2.45) is 5.92 Å². The van der Waals surface area contributed by atoms with E-state index in [4.69, 9.17) is 0 Å². The number of nitrogens with one attached hydrogen (secondary N) is 1. The Morgan fingerprint density at radius 2 is 2.14 bits per heavy atom. The van der Waals surface area contributed by atoms with Crippen molar-refractivity contribution in [2.75, 3.05) is 13.1 Å². The minimum Gasteiger partial charge on any atom is -0.308 e. The summed E-state index contributed by atoms with van der Waals surface area (Å²) in [6, 6.07) is 2.93. The van der Waals surface area contributed by atoms with Gasteiger partial charge in [-0.05, 0) is 40.8 Å². The zero-order chi connectivity index (χ0) is 15.5. The van der Waals surface area contributed by atoms with Gasteiger partial charge in [0.25, 0.3) is 0 Å². The summed E-state index contributed by atoms with van der Waals surface area (Å²) in [5.74, 6) is 0.743. The van der Waals surface area contributed by atoms with Crippen molar-refractivity contribution in [1.29, 1.82) is 0 Å². The molecule has 2 nitrogen and oxygen atoms in total. The van der Waals surface area contributed by atoms with Gasteiger partial charge in [0, 0.05) is 45.9 Å². The van der Waals surface area contributed by atoms with E-state index in [1.54, 1.807) is 0 Å². The second-order valence-corrected chi connectivity index (χ2v) is 8.37. The Labute approximate surface area is 142 Å². The predicted molar refractivity (Wildman–Crippen MR) is 97.0 cm³/mol. The van der Waals surface area contributed by atoms with Crippen LogP contribution >= 0.6 is 27.3 Å². The van der Waals surface area contributed by atoms with Crippen LogP contribution in [0.3, 0.4) is 0 Å². The molecule has 0 bridgehead atoms. The second-order valence-electron chi connectivity index (χ2n) is 6.46. The number of piperazine rings is 1. The molecule has 0 radical (unpaired) electrons. The normalized spacial score (nSPS) is 24.1. The van der Waals surface area contributed by atoms with Gasteiger partial charge in [-0.2, -0.15) is 0 Å². The molecule has 2 atom stereocenters. The summed E-state index contributed by atoms with van der Waals surface area (Å²) in [7, 11) is 0. The summed E-state index contributed by atoms with van der Waals surface area (Å²) in [6.45, 7) is 12.7. The topological polar surface area (TPSA) is 15.3 Å². The highest BCUT2D eigenvalue weighted by Gasteiger charge is 2.38. The van der Waals surface area contributed by atoms with E-state index < -0.39 is 0 Å². The van der Waals surface area contributed by atoms with E-state index in [-0.39, 0.29) is 0 Å². The lowest BCUT2D eigenvalue weighted by molar-refractivity contribution is 0.0402. The molecule has 1 N–H and O–H groups in total. The summed E-state index contributed by atoms with van der Waals surface area (Å²) in [5, 5.41) is 6.07. The van der Waals surface area contributed by atoms with Crippen LogP contribution in [0.5, 0.6) is 0 Å². The van der Waals surface area contributed by atoms with Crippen molar-refractivity contribution in [1.82, 2.24) is 10.2 Å². The van der Waals surface area contributed by atoms with Gasteiger partial charge >= 0.3 is 0 Å². The van der Waals surface area contributed by atoms with Gasteiger partial charge in [-0.25, -0.2) is 0 Å². The average molecular weight is 373 g/mol. The molecule has 2 unspecified atom stereocenters. The maximum absolute atomic E-state index is 3.87. The summed E-state index contributed by atoms with van der Waals surface area (Å²) in [6.07, 6.45) is 3.67. The number of hydrogen-bond donors (Lipinski definition) is 1. The van der Waals surface area contributed by atoms with Crippen LogP contribution in [0.15, 0.2) is 15.9 Å². The van der Waals surface area contributed by atoms with E-state index >= 15 is 0 Å². The standard InChI is InChI=1S/C17H29BrN2S/c1-5-13(4)16-9-19-17(6-2,7-3)12-20(16)10-15-8-14(18)11-21-15/h8,11,13,16,19H,5-7,9-10,12H2,1-4H3. The number of thiophene rings is 1. The molecular formula is C17H29BrN2S. The zero-order valence-corrected chi connectivity index (χ0v) is 16.2.